The highest BCUT2D eigenvalue weighted by atomic mass is 19.1. The second-order valence-electron chi connectivity index (χ2n) is 4.93. The second kappa shape index (κ2) is 5.18. The van der Waals surface area contributed by atoms with Gasteiger partial charge in [-0.1, -0.05) is 18.2 Å². The number of methoxy groups -OCH3 is 1. The lowest BCUT2D eigenvalue weighted by Gasteiger charge is -2.45. The summed E-state index contributed by atoms with van der Waals surface area (Å²) in [4.78, 5) is 13.6. The van der Waals surface area contributed by atoms with Crippen LogP contribution < -0.4 is 15.4 Å². The number of benzene rings is 2. The topological polar surface area (TPSA) is 55.6 Å². The Morgan fingerprint density at radius 1 is 1.19 bits per heavy atom. The Bertz CT molecular complexity index is 672. The monoisotopic (exact) mass is 286 g/mol. The molecule has 0 bridgehead atoms. The predicted molar refractivity (Wildman–Crippen MR) is 77.6 cm³/mol. The van der Waals surface area contributed by atoms with Crippen LogP contribution in [-0.4, -0.2) is 19.1 Å². The van der Waals surface area contributed by atoms with Crippen LogP contribution in [0.4, 0.5) is 10.1 Å². The Hall–Kier alpha value is -2.40. The molecule has 4 nitrogen and oxygen atoms in total. The quantitative estimate of drug-likeness (QED) is 0.880. The van der Waals surface area contributed by atoms with Gasteiger partial charge in [-0.15, -0.1) is 0 Å². The molecule has 2 unspecified atom stereocenters. The van der Waals surface area contributed by atoms with E-state index in [1.165, 1.54) is 17.0 Å². The van der Waals surface area contributed by atoms with Crippen LogP contribution in [0.2, 0.25) is 0 Å². The average Bonchev–Trinajstić information content (AvgIpc) is 2.51. The maximum atomic E-state index is 13.4. The van der Waals surface area contributed by atoms with E-state index < -0.39 is 6.04 Å². The van der Waals surface area contributed by atoms with Gasteiger partial charge in [0, 0.05) is 5.69 Å². The molecule has 1 fully saturated rings. The van der Waals surface area contributed by atoms with Crippen LogP contribution in [0.3, 0.4) is 0 Å². The van der Waals surface area contributed by atoms with Crippen molar-refractivity contribution in [2.45, 2.75) is 12.1 Å². The van der Waals surface area contributed by atoms with Crippen molar-refractivity contribution in [1.29, 1.82) is 0 Å². The van der Waals surface area contributed by atoms with Crippen LogP contribution in [0, 0.1) is 5.82 Å². The fourth-order valence-electron chi connectivity index (χ4n) is 2.58. The van der Waals surface area contributed by atoms with Gasteiger partial charge in [0.25, 0.3) is 0 Å². The van der Waals surface area contributed by atoms with E-state index in [1.807, 2.05) is 24.3 Å². The molecule has 2 atom stereocenters. The average molecular weight is 286 g/mol. The van der Waals surface area contributed by atoms with Gasteiger partial charge >= 0.3 is 0 Å². The Morgan fingerprint density at radius 2 is 1.90 bits per heavy atom. The van der Waals surface area contributed by atoms with E-state index in [9.17, 15) is 9.18 Å². The predicted octanol–water partition coefficient (Wildman–Crippen LogP) is 2.25. The van der Waals surface area contributed by atoms with Gasteiger partial charge in [-0.3, -0.25) is 4.79 Å². The molecule has 2 aromatic rings. The summed E-state index contributed by atoms with van der Waals surface area (Å²) in [7, 11) is 1.59. The van der Waals surface area contributed by atoms with Gasteiger partial charge in [0.2, 0.25) is 5.91 Å². The summed E-state index contributed by atoms with van der Waals surface area (Å²) in [5.74, 6) is 0.144. The van der Waals surface area contributed by atoms with Crippen molar-refractivity contribution in [2.24, 2.45) is 5.73 Å². The number of anilines is 1. The maximum Gasteiger partial charge on any atom is 0.247 e. The number of hydrogen-bond donors (Lipinski definition) is 1. The third kappa shape index (κ3) is 2.25. The number of nitrogens with zero attached hydrogens (tertiary/aromatic N) is 1. The highest BCUT2D eigenvalue weighted by molar-refractivity contribution is 6.05. The molecule has 0 aliphatic carbocycles. The number of carbonyl (C=O) groups is 1. The third-order valence-corrected chi connectivity index (χ3v) is 3.68. The molecular formula is C16H15FN2O2. The molecule has 1 amide bonds. The molecule has 1 aliphatic rings. The molecule has 5 heteroatoms. The number of ether oxygens (including phenoxy) is 1. The Labute approximate surface area is 121 Å². The van der Waals surface area contributed by atoms with Crippen molar-refractivity contribution in [2.75, 3.05) is 12.0 Å². The zero-order chi connectivity index (χ0) is 15.0. The smallest absolute Gasteiger partial charge is 0.247 e. The minimum Gasteiger partial charge on any atom is -0.497 e. The number of rotatable bonds is 3. The Kier molecular flexibility index (Phi) is 3.35. The van der Waals surface area contributed by atoms with Crippen molar-refractivity contribution in [3.05, 3.63) is 59.9 Å². The molecule has 0 saturated carbocycles. The van der Waals surface area contributed by atoms with E-state index >= 15 is 0 Å². The van der Waals surface area contributed by atoms with Crippen LogP contribution in [0.5, 0.6) is 5.75 Å². The van der Waals surface area contributed by atoms with Gasteiger partial charge in [0.05, 0.1) is 13.2 Å². The summed E-state index contributed by atoms with van der Waals surface area (Å²) in [6, 6.07) is 12.4. The minimum absolute atomic E-state index is 0.207. The van der Waals surface area contributed by atoms with Gasteiger partial charge in [0.15, 0.2) is 0 Å². The summed E-state index contributed by atoms with van der Waals surface area (Å²) in [6.45, 7) is 0. The molecule has 2 aromatic carbocycles. The van der Waals surface area contributed by atoms with Crippen LogP contribution >= 0.6 is 0 Å². The lowest BCUT2D eigenvalue weighted by atomic mass is 9.88. The molecule has 0 spiro atoms. The maximum absolute atomic E-state index is 13.4. The van der Waals surface area contributed by atoms with E-state index in [1.54, 1.807) is 19.2 Å². The standard InChI is InChI=1S/C16H15FN2O2/c1-21-13-7-5-10(6-8-13)15-14(18)16(20)19(15)12-4-2-3-11(17)9-12/h2-9,14-15H,18H2,1H3. The number of hydrogen-bond acceptors (Lipinski definition) is 3. The summed E-state index contributed by atoms with van der Waals surface area (Å²) < 4.78 is 18.5. The van der Waals surface area contributed by atoms with E-state index in [0.717, 1.165) is 11.3 Å². The van der Waals surface area contributed by atoms with Crippen molar-refractivity contribution in [3.63, 3.8) is 0 Å². The van der Waals surface area contributed by atoms with Gasteiger partial charge in [-0.05, 0) is 35.9 Å². The van der Waals surface area contributed by atoms with Gasteiger partial charge < -0.3 is 15.4 Å². The van der Waals surface area contributed by atoms with Gasteiger partial charge in [0.1, 0.15) is 17.6 Å². The number of halogens is 1. The lowest BCUT2D eigenvalue weighted by molar-refractivity contribution is -0.126. The zero-order valence-electron chi connectivity index (χ0n) is 11.5. The van der Waals surface area contributed by atoms with E-state index in [2.05, 4.69) is 0 Å². The number of β-lactam (4-membered cyclic amide) rings is 1. The van der Waals surface area contributed by atoms with Crippen LogP contribution in [0.25, 0.3) is 0 Å². The van der Waals surface area contributed by atoms with Crippen molar-refractivity contribution in [1.82, 2.24) is 0 Å². The van der Waals surface area contributed by atoms with Gasteiger partial charge in [-0.2, -0.15) is 0 Å². The van der Waals surface area contributed by atoms with Crippen molar-refractivity contribution < 1.29 is 13.9 Å². The molecule has 2 N–H and O–H groups in total. The first-order chi connectivity index (χ1) is 10.1. The first kappa shape index (κ1) is 13.6. The summed E-state index contributed by atoms with van der Waals surface area (Å²) >= 11 is 0. The molecule has 1 aliphatic heterocycles. The fourth-order valence-corrected chi connectivity index (χ4v) is 2.58. The fraction of sp³-hybridized carbons (Fsp3) is 0.188. The largest absolute Gasteiger partial charge is 0.497 e. The minimum atomic E-state index is -0.610. The molecule has 0 aromatic heterocycles. The zero-order valence-corrected chi connectivity index (χ0v) is 11.5. The van der Waals surface area contributed by atoms with Gasteiger partial charge in [-0.25, -0.2) is 4.39 Å². The first-order valence-electron chi connectivity index (χ1n) is 6.60. The Balaban J connectivity index is 1.94. The number of amides is 1. The van der Waals surface area contributed by atoms with Crippen molar-refractivity contribution >= 4 is 11.6 Å². The second-order valence-corrected chi connectivity index (χ2v) is 4.93. The van der Waals surface area contributed by atoms with E-state index in [0.29, 0.717) is 5.69 Å². The molecule has 1 heterocycles. The first-order valence-corrected chi connectivity index (χ1v) is 6.60. The highest BCUT2D eigenvalue weighted by Gasteiger charge is 2.46. The van der Waals surface area contributed by atoms with E-state index in [-0.39, 0.29) is 17.8 Å². The van der Waals surface area contributed by atoms with Crippen LogP contribution in [0.15, 0.2) is 48.5 Å². The van der Waals surface area contributed by atoms with E-state index in [4.69, 9.17) is 10.5 Å². The third-order valence-electron chi connectivity index (χ3n) is 3.68. The number of nitrogens with two attached hydrogens (primary N) is 1. The normalized spacial score (nSPS) is 21.1. The molecular weight excluding hydrogens is 271 g/mol. The highest BCUT2D eigenvalue weighted by Crippen LogP contribution is 2.38. The molecule has 0 radical (unpaired) electrons. The Morgan fingerprint density at radius 3 is 2.52 bits per heavy atom. The lowest BCUT2D eigenvalue weighted by Crippen LogP contribution is -2.63. The summed E-state index contributed by atoms with van der Waals surface area (Å²) in [5, 5.41) is 0. The molecule has 21 heavy (non-hydrogen) atoms. The van der Waals surface area contributed by atoms with Crippen LogP contribution in [-0.2, 0) is 4.79 Å². The summed E-state index contributed by atoms with van der Waals surface area (Å²) in [5.41, 5.74) is 7.33. The van der Waals surface area contributed by atoms with Crippen molar-refractivity contribution in [3.8, 4) is 5.75 Å². The number of carbonyl (C=O) groups excluding carboxylic acids is 1. The summed E-state index contributed by atoms with van der Waals surface area (Å²) in [6.07, 6.45) is 0. The molecule has 1 saturated heterocycles. The molecule has 108 valence electrons. The SMILES string of the molecule is COc1ccc(C2C(N)C(=O)N2c2cccc(F)c2)cc1. The van der Waals surface area contributed by atoms with Crippen LogP contribution in [0.1, 0.15) is 11.6 Å². The molecule has 3 rings (SSSR count).